The van der Waals surface area contributed by atoms with E-state index in [4.69, 9.17) is 0 Å². The van der Waals surface area contributed by atoms with Crippen LogP contribution >= 0.6 is 0 Å². The summed E-state index contributed by atoms with van der Waals surface area (Å²) in [5.41, 5.74) is 1.05. The standard InChI is InChI=1S/C10H15NO/c12-10-8-6-4-2-1-3-5-7-9(8)11-10/h6,9H,1-5,7H2,(H,11,12)/b8-6+. The minimum atomic E-state index is 0.168. The average molecular weight is 165 g/mol. The van der Waals surface area contributed by atoms with Crippen molar-refractivity contribution in [2.75, 3.05) is 0 Å². The van der Waals surface area contributed by atoms with Gasteiger partial charge in [-0.2, -0.15) is 0 Å². The summed E-state index contributed by atoms with van der Waals surface area (Å²) in [5.74, 6) is 0.168. The first-order valence-electron chi connectivity index (χ1n) is 4.89. The number of hydrogen-bond donors (Lipinski definition) is 1. The fourth-order valence-electron chi connectivity index (χ4n) is 1.97. The molecule has 12 heavy (non-hydrogen) atoms. The minimum Gasteiger partial charge on any atom is -0.345 e. The second-order valence-electron chi connectivity index (χ2n) is 3.68. The van der Waals surface area contributed by atoms with Gasteiger partial charge in [0.05, 0.1) is 6.04 Å². The topological polar surface area (TPSA) is 29.1 Å². The van der Waals surface area contributed by atoms with Gasteiger partial charge in [-0.05, 0) is 19.3 Å². The highest BCUT2D eigenvalue weighted by molar-refractivity contribution is 6.01. The average Bonchev–Trinajstić information content (AvgIpc) is 2.14. The minimum absolute atomic E-state index is 0.168. The van der Waals surface area contributed by atoms with Crippen LogP contribution in [0.25, 0.3) is 0 Å². The molecule has 0 radical (unpaired) electrons. The zero-order chi connectivity index (χ0) is 8.39. The monoisotopic (exact) mass is 165 g/mol. The van der Waals surface area contributed by atoms with E-state index in [1.54, 1.807) is 0 Å². The van der Waals surface area contributed by atoms with E-state index in [9.17, 15) is 4.79 Å². The Morgan fingerprint density at radius 3 is 2.92 bits per heavy atom. The van der Waals surface area contributed by atoms with E-state index >= 15 is 0 Å². The number of carbonyl (C=O) groups is 1. The van der Waals surface area contributed by atoms with Crippen molar-refractivity contribution < 1.29 is 4.79 Å². The van der Waals surface area contributed by atoms with Crippen molar-refractivity contribution in [1.82, 2.24) is 5.32 Å². The van der Waals surface area contributed by atoms with Crippen LogP contribution in [0.1, 0.15) is 38.5 Å². The number of fused-ring (bicyclic) bond motifs is 1. The van der Waals surface area contributed by atoms with Gasteiger partial charge in [0.2, 0.25) is 5.91 Å². The van der Waals surface area contributed by atoms with E-state index in [2.05, 4.69) is 11.4 Å². The highest BCUT2D eigenvalue weighted by Crippen LogP contribution is 2.23. The third-order valence-corrected chi connectivity index (χ3v) is 2.75. The lowest BCUT2D eigenvalue weighted by Gasteiger charge is -2.30. The lowest BCUT2D eigenvalue weighted by molar-refractivity contribution is -0.122. The van der Waals surface area contributed by atoms with Crippen LogP contribution in [-0.4, -0.2) is 11.9 Å². The SMILES string of the molecule is O=C1NC2CCCCCC/C=C/12. The van der Waals surface area contributed by atoms with Crippen molar-refractivity contribution in [1.29, 1.82) is 0 Å². The normalized spacial score (nSPS) is 34.2. The van der Waals surface area contributed by atoms with E-state index < -0.39 is 0 Å². The van der Waals surface area contributed by atoms with E-state index in [1.165, 1.54) is 25.7 Å². The lowest BCUT2D eigenvalue weighted by atomic mass is 9.93. The van der Waals surface area contributed by atoms with Gasteiger partial charge in [-0.1, -0.05) is 25.3 Å². The molecule has 2 nitrogen and oxygen atoms in total. The summed E-state index contributed by atoms with van der Waals surface area (Å²) in [7, 11) is 0. The molecule has 1 aliphatic heterocycles. The van der Waals surface area contributed by atoms with Gasteiger partial charge in [-0.25, -0.2) is 0 Å². The van der Waals surface area contributed by atoms with Gasteiger partial charge < -0.3 is 5.32 Å². The quantitative estimate of drug-likeness (QED) is 0.544. The zero-order valence-corrected chi connectivity index (χ0v) is 7.31. The van der Waals surface area contributed by atoms with E-state index in [1.807, 2.05) is 0 Å². The summed E-state index contributed by atoms with van der Waals surface area (Å²) in [6.45, 7) is 0. The van der Waals surface area contributed by atoms with Crippen molar-refractivity contribution in [3.8, 4) is 0 Å². The van der Waals surface area contributed by atoms with Crippen molar-refractivity contribution >= 4 is 5.91 Å². The van der Waals surface area contributed by atoms with Gasteiger partial charge in [0, 0.05) is 5.57 Å². The molecular weight excluding hydrogens is 150 g/mol. The number of carbonyl (C=O) groups excluding carboxylic acids is 1. The van der Waals surface area contributed by atoms with E-state index in [-0.39, 0.29) is 5.91 Å². The zero-order valence-electron chi connectivity index (χ0n) is 7.31. The number of allylic oxidation sites excluding steroid dienone is 1. The molecule has 1 amide bonds. The summed E-state index contributed by atoms with van der Waals surface area (Å²) >= 11 is 0. The van der Waals surface area contributed by atoms with Crippen LogP contribution in [0.3, 0.4) is 0 Å². The van der Waals surface area contributed by atoms with Gasteiger partial charge in [0.15, 0.2) is 0 Å². The van der Waals surface area contributed by atoms with Crippen molar-refractivity contribution in [2.24, 2.45) is 0 Å². The molecular formula is C10H15NO. The maximum atomic E-state index is 11.1. The molecule has 2 rings (SSSR count). The Kier molecular flexibility index (Phi) is 2.15. The predicted molar refractivity (Wildman–Crippen MR) is 47.7 cm³/mol. The smallest absolute Gasteiger partial charge is 0.249 e. The molecule has 2 heteroatoms. The second-order valence-corrected chi connectivity index (χ2v) is 3.68. The Morgan fingerprint density at radius 1 is 1.25 bits per heavy atom. The third-order valence-electron chi connectivity index (χ3n) is 2.75. The van der Waals surface area contributed by atoms with Crippen LogP contribution in [-0.2, 0) is 4.79 Å². The van der Waals surface area contributed by atoms with Gasteiger partial charge >= 0.3 is 0 Å². The number of amides is 1. The van der Waals surface area contributed by atoms with Gasteiger partial charge in [-0.15, -0.1) is 0 Å². The molecule has 1 atom stereocenters. The highest BCUT2D eigenvalue weighted by atomic mass is 16.2. The summed E-state index contributed by atoms with van der Waals surface area (Å²) < 4.78 is 0. The van der Waals surface area contributed by atoms with Crippen LogP contribution in [0, 0.1) is 0 Å². The molecule has 0 aromatic carbocycles. The predicted octanol–water partition coefficient (Wildman–Crippen LogP) is 1.77. The fourth-order valence-corrected chi connectivity index (χ4v) is 1.97. The molecule has 1 saturated heterocycles. The van der Waals surface area contributed by atoms with Crippen LogP contribution < -0.4 is 5.32 Å². The Balaban J connectivity index is 2.02. The molecule has 1 heterocycles. The maximum absolute atomic E-state index is 11.1. The number of nitrogens with one attached hydrogen (secondary N) is 1. The van der Waals surface area contributed by atoms with Crippen molar-refractivity contribution in [3.05, 3.63) is 11.6 Å². The first kappa shape index (κ1) is 7.84. The van der Waals surface area contributed by atoms with Crippen molar-refractivity contribution in [3.63, 3.8) is 0 Å². The summed E-state index contributed by atoms with van der Waals surface area (Å²) in [6.07, 6.45) is 9.55. The second kappa shape index (κ2) is 3.30. The molecule has 0 aromatic heterocycles. The summed E-state index contributed by atoms with van der Waals surface area (Å²) in [6, 6.07) is 0.399. The molecule has 1 N–H and O–H groups in total. The molecule has 1 unspecified atom stereocenters. The van der Waals surface area contributed by atoms with Crippen LogP contribution in [0.2, 0.25) is 0 Å². The molecule has 2 aliphatic rings. The number of rotatable bonds is 0. The number of hydrogen-bond acceptors (Lipinski definition) is 1. The maximum Gasteiger partial charge on any atom is 0.249 e. The molecule has 0 saturated carbocycles. The summed E-state index contributed by atoms with van der Waals surface area (Å²) in [4.78, 5) is 11.1. The summed E-state index contributed by atoms with van der Waals surface area (Å²) in [5, 5.41) is 2.93. The van der Waals surface area contributed by atoms with E-state index in [0.717, 1.165) is 18.4 Å². The lowest BCUT2D eigenvalue weighted by Crippen LogP contribution is -2.51. The molecule has 0 spiro atoms. The molecule has 66 valence electrons. The highest BCUT2D eigenvalue weighted by Gasteiger charge is 2.31. The third kappa shape index (κ3) is 1.38. The van der Waals surface area contributed by atoms with Crippen molar-refractivity contribution in [2.45, 2.75) is 44.6 Å². The van der Waals surface area contributed by atoms with Crippen LogP contribution in [0.4, 0.5) is 0 Å². The Hall–Kier alpha value is -0.790. The van der Waals surface area contributed by atoms with Gasteiger partial charge in [-0.3, -0.25) is 4.79 Å². The Labute approximate surface area is 73.0 Å². The number of β-lactam (4-membered cyclic amide) rings is 1. The Morgan fingerprint density at radius 2 is 2.08 bits per heavy atom. The van der Waals surface area contributed by atoms with E-state index in [0.29, 0.717) is 6.04 Å². The molecule has 0 bridgehead atoms. The molecule has 1 aliphatic carbocycles. The Bertz CT molecular complexity index is 220. The first-order valence-corrected chi connectivity index (χ1v) is 4.89. The van der Waals surface area contributed by atoms with Crippen LogP contribution in [0.5, 0.6) is 0 Å². The van der Waals surface area contributed by atoms with Crippen LogP contribution in [0.15, 0.2) is 11.6 Å². The first-order chi connectivity index (χ1) is 5.88. The van der Waals surface area contributed by atoms with Gasteiger partial charge in [0.25, 0.3) is 0 Å². The molecule has 0 aromatic rings. The molecule has 1 fully saturated rings. The largest absolute Gasteiger partial charge is 0.345 e. The fraction of sp³-hybridized carbons (Fsp3) is 0.700. The van der Waals surface area contributed by atoms with Gasteiger partial charge in [0.1, 0.15) is 0 Å².